The van der Waals surface area contributed by atoms with Gasteiger partial charge in [0.1, 0.15) is 47.1 Å². The average molecular weight is 1590 g/mol. The van der Waals surface area contributed by atoms with E-state index in [0.29, 0.717) is 125 Å². The molecule has 0 bridgehead atoms. The molecule has 3 fully saturated rings. The van der Waals surface area contributed by atoms with E-state index in [4.69, 9.17) is 4.42 Å². The number of anilines is 1. The first-order valence-electron chi connectivity index (χ1n) is 39.4. The third-order valence-electron chi connectivity index (χ3n) is 20.4. The zero-order valence-corrected chi connectivity index (χ0v) is 67.5. The predicted octanol–water partition coefficient (Wildman–Crippen LogP) is 8.98. The van der Waals surface area contributed by atoms with Crippen LogP contribution in [0.1, 0.15) is 179 Å². The average Bonchev–Trinajstić information content (AvgIpc) is 0.993. The first-order chi connectivity index (χ1) is 53.1. The Morgan fingerprint density at radius 1 is 0.664 bits per heavy atom. The largest absolute Gasteiger partial charge is 0.748 e. The summed E-state index contributed by atoms with van der Waals surface area (Å²) < 4.78 is 44.9. The number of hydrogen-bond acceptors (Lipinski definition) is 19. The van der Waals surface area contributed by atoms with Gasteiger partial charge in [0.05, 0.1) is 34.0 Å². The highest BCUT2D eigenvalue weighted by atomic mass is 33.1. The van der Waals surface area contributed by atoms with Crippen LogP contribution < -0.4 is 52.1 Å². The van der Waals surface area contributed by atoms with Crippen molar-refractivity contribution in [2.75, 3.05) is 101 Å². The van der Waals surface area contributed by atoms with Crippen LogP contribution in [-0.4, -0.2) is 206 Å². The summed E-state index contributed by atoms with van der Waals surface area (Å²) in [7, 11) is -1.90. The summed E-state index contributed by atoms with van der Waals surface area (Å²) >= 11 is 1.87. The van der Waals surface area contributed by atoms with Crippen LogP contribution in [0.4, 0.5) is 10.5 Å². The quantitative estimate of drug-likeness (QED) is 0.00477. The van der Waals surface area contributed by atoms with Gasteiger partial charge in [-0.15, -0.1) is 0 Å². The molecule has 1 aromatic heterocycles. The van der Waals surface area contributed by atoms with Gasteiger partial charge in [0.25, 0.3) is 5.91 Å². The highest BCUT2D eigenvalue weighted by Gasteiger charge is 2.42. The van der Waals surface area contributed by atoms with Crippen molar-refractivity contribution >= 4 is 119 Å². The second-order valence-corrected chi connectivity index (χ2v) is 33.4. The van der Waals surface area contributed by atoms with Crippen molar-refractivity contribution in [1.29, 1.82) is 0 Å². The molecular weight excluding hydrogens is 1480 g/mol. The summed E-state index contributed by atoms with van der Waals surface area (Å²) in [6, 6.07) is 24.3. The molecule has 5 aliphatic rings. The fraction of sp³-hybridized carbons (Fsp3) is 0.575. The second-order valence-electron chi connectivity index (χ2n) is 28.3. The van der Waals surface area contributed by atoms with Gasteiger partial charge >= 0.3 is 6.03 Å². The lowest BCUT2D eigenvalue weighted by molar-refractivity contribution is -0.133. The van der Waals surface area contributed by atoms with Gasteiger partial charge in [-0.25, -0.2) is 22.8 Å². The molecule has 4 aliphatic heterocycles. The van der Waals surface area contributed by atoms with Crippen LogP contribution in [0.5, 0.6) is 0 Å². The number of nitrogens with one attached hydrogen (secondary N) is 7. The molecule has 9 amide bonds. The molecular formula is C80H112N12O14S4. The second kappa shape index (κ2) is 46.1. The number of fused-ring (bicyclic) bond motifs is 3. The van der Waals surface area contributed by atoms with Crippen LogP contribution in [0.15, 0.2) is 94.5 Å². The summed E-state index contributed by atoms with van der Waals surface area (Å²) in [5, 5.41) is 22.7. The molecule has 30 heteroatoms. The van der Waals surface area contributed by atoms with Gasteiger partial charge in [-0.05, 0) is 145 Å². The summed E-state index contributed by atoms with van der Waals surface area (Å²) in [4.78, 5) is 141. The van der Waals surface area contributed by atoms with Crippen LogP contribution in [-0.2, 0) is 48.5 Å². The molecule has 3 aromatic rings. The molecule has 0 saturated carbocycles. The highest BCUT2D eigenvalue weighted by Crippen LogP contribution is 2.43. The van der Waals surface area contributed by atoms with Crippen LogP contribution in [0.3, 0.4) is 0 Å². The number of amides is 9. The smallest absolute Gasteiger partial charge is 0.315 e. The van der Waals surface area contributed by atoms with Gasteiger partial charge in [-0.3, -0.25) is 43.2 Å². The molecule has 0 spiro atoms. The number of urea groups is 1. The number of ketones is 2. The fourth-order valence-corrected chi connectivity index (χ4v) is 18.2. The van der Waals surface area contributed by atoms with Crippen molar-refractivity contribution in [3.63, 3.8) is 0 Å². The lowest BCUT2D eigenvalue weighted by Gasteiger charge is -2.35. The Morgan fingerprint density at radius 2 is 1.31 bits per heavy atom. The molecule has 110 heavy (non-hydrogen) atoms. The van der Waals surface area contributed by atoms with Crippen molar-refractivity contribution in [3.05, 3.63) is 96.0 Å². The number of piperazine rings is 1. The Morgan fingerprint density at radius 3 is 2.04 bits per heavy atom. The summed E-state index contributed by atoms with van der Waals surface area (Å²) in [5.74, 6) is -2.17. The van der Waals surface area contributed by atoms with Gasteiger partial charge in [0.2, 0.25) is 40.8 Å². The topological polar surface area (TPSA) is 351 Å². The fourth-order valence-electron chi connectivity index (χ4n) is 14.3. The minimum absolute atomic E-state index is 0.00710. The Hall–Kier alpha value is -8.06. The van der Waals surface area contributed by atoms with Crippen molar-refractivity contribution < 1.29 is 65.3 Å². The maximum atomic E-state index is 14.6. The molecule has 0 unspecified atom stereocenters. The molecule has 7 N–H and O–H groups in total. The Balaban J connectivity index is 0.735. The van der Waals surface area contributed by atoms with E-state index in [9.17, 15) is 60.9 Å². The number of rotatable bonds is 49. The number of aromatic nitrogens is 1. The van der Waals surface area contributed by atoms with E-state index in [1.54, 1.807) is 26.8 Å². The van der Waals surface area contributed by atoms with E-state index < -0.39 is 39.6 Å². The van der Waals surface area contributed by atoms with Gasteiger partial charge in [-0.1, -0.05) is 60.7 Å². The van der Waals surface area contributed by atoms with Gasteiger partial charge in [0.15, 0.2) is 0 Å². The van der Waals surface area contributed by atoms with E-state index in [2.05, 4.69) is 116 Å². The van der Waals surface area contributed by atoms with Crippen molar-refractivity contribution in [1.82, 2.24) is 56.6 Å². The maximum absolute atomic E-state index is 14.6. The number of hydrogen-bond donors (Lipinski definition) is 7. The number of nitrogens with zero attached hydrogens (tertiary/aromatic N) is 5. The van der Waals surface area contributed by atoms with E-state index in [1.165, 1.54) is 10.8 Å². The number of benzene rings is 3. The minimum Gasteiger partial charge on any atom is -0.748 e. The standard InChI is InChI=1S/C80H112N12O14S4/c1-5-89(6-2)57-35-37-63-67(52-57)106-68-53-58(90(7-3)8-4)36-38-64(68)75(63)61-29-13-14-30-62(61)79(101)92-48-46-91(47-49-92)74(98)34-17-16-32-72(97)86-66(55-110(103,104)105)78(100)85-44-23-19-28-60(94)51-56(25-18-22-41-81-70(95)39-40-71(96)82-45-50-108-109-73-33-20-24-42-83-73)77(99)84-43-21-10-9-11-26-59(93)27-12-15-31-69-76-65(54-107-69)87-80(102)88-76/h13-14,20,24,29-30,33,35-38,42,52-53,56,65-66,69,76H,5-12,15-19,21-23,25-28,31-32,34,39-41,43-51,54-55H2,1-4H3,(H7-,81,82,84,85,86,87,88,95,96,97,99,100,102,103,104,105)/t56-,65+,66+,69+,76+/m1/s1. The zero-order chi connectivity index (χ0) is 78.8. The van der Waals surface area contributed by atoms with Crippen molar-refractivity contribution in [3.8, 4) is 22.5 Å². The van der Waals surface area contributed by atoms with E-state index in [-0.39, 0.29) is 117 Å². The van der Waals surface area contributed by atoms with Crippen LogP contribution in [0, 0.1) is 5.92 Å². The number of pyridine rings is 1. The van der Waals surface area contributed by atoms with Gasteiger partial charge in [-0.2, -0.15) is 11.8 Å². The van der Waals surface area contributed by atoms with Crippen LogP contribution >= 0.6 is 33.3 Å². The Labute approximate surface area is 659 Å². The van der Waals surface area contributed by atoms with E-state index in [1.807, 2.05) is 54.2 Å². The lowest BCUT2D eigenvalue weighted by Crippen LogP contribution is -2.50. The maximum Gasteiger partial charge on any atom is 0.315 e. The number of carbonyl (C=O) groups excluding carboxylic acids is 10. The van der Waals surface area contributed by atoms with Crippen LogP contribution in [0.2, 0.25) is 0 Å². The van der Waals surface area contributed by atoms with Crippen LogP contribution in [0.25, 0.3) is 33.4 Å². The Bertz CT molecular complexity index is 4050. The van der Waals surface area contributed by atoms with E-state index >= 15 is 0 Å². The third-order valence-corrected chi connectivity index (χ3v) is 24.9. The molecule has 26 nitrogen and oxygen atoms in total. The van der Waals surface area contributed by atoms with Gasteiger partial charge < -0.3 is 60.9 Å². The molecule has 1 aliphatic carbocycles. The Kier molecular flexibility index (Phi) is 36.7. The zero-order valence-electron chi connectivity index (χ0n) is 64.2. The lowest BCUT2D eigenvalue weighted by atomic mass is 9.90. The van der Waals surface area contributed by atoms with Crippen molar-refractivity contribution in [2.24, 2.45) is 5.92 Å². The van der Waals surface area contributed by atoms with Crippen molar-refractivity contribution in [2.45, 2.75) is 197 Å². The number of unbranched alkanes of at least 4 members (excludes halogenated alkanes) is 7. The molecule has 5 atom stereocenters. The number of thioether (sulfide) groups is 1. The summed E-state index contributed by atoms with van der Waals surface area (Å²) in [6.45, 7) is 14.1. The minimum atomic E-state index is -4.99. The molecule has 5 heterocycles. The molecule has 3 saturated heterocycles. The first kappa shape index (κ1) is 87.5. The SMILES string of the molecule is CCN(CC)c1ccc2c(-c3ccccc3C(=O)N3CCN(C(=O)CCCCC(=O)N[C@@H](CS(=O)(=O)[O-])C(=O)NCCCCC(=O)C[C@@H](CCCCNC(=O)CCC(=O)NCCSSc4ccccn4)C(=O)NCCCCCCC(=O)CCCC[C@@H]4SC[C@@H]5NC(=O)N[C@@H]54)CC3)c3ccc(=[N+](CC)CC)cc-3oc2c1. The van der Waals surface area contributed by atoms with Gasteiger partial charge in [0, 0.05) is 186 Å². The predicted molar refractivity (Wildman–Crippen MR) is 432 cm³/mol. The molecule has 8 rings (SSSR count). The molecule has 0 radical (unpaired) electrons. The third kappa shape index (κ3) is 28.3. The van der Waals surface area contributed by atoms with E-state index in [0.717, 1.165) is 109 Å². The summed E-state index contributed by atoms with van der Waals surface area (Å²) in [6.07, 6.45) is 11.1. The first-order valence-corrected chi connectivity index (χ1v) is 44.3. The molecule has 600 valence electrons. The summed E-state index contributed by atoms with van der Waals surface area (Å²) in [5.41, 5.74) is 4.81. The highest BCUT2D eigenvalue weighted by molar-refractivity contribution is 8.76. The normalized spacial score (nSPS) is 16.0. The number of Topliss-reactive ketones (excluding diaryl/α,β-unsaturated/α-hetero) is 2. The monoisotopic (exact) mass is 1590 g/mol. The molecule has 2 aromatic carbocycles. The number of carbonyl (C=O) groups is 10.